The van der Waals surface area contributed by atoms with E-state index in [0.717, 1.165) is 11.1 Å². The third-order valence-electron chi connectivity index (χ3n) is 2.05. The van der Waals surface area contributed by atoms with Gasteiger partial charge < -0.3 is 10.3 Å². The molecule has 0 amide bonds. The normalized spacial score (nSPS) is 10.4. The van der Waals surface area contributed by atoms with Crippen LogP contribution >= 0.6 is 15.9 Å². The maximum atomic E-state index is 5.58. The highest BCUT2D eigenvalue weighted by Gasteiger charge is 2.14. The zero-order chi connectivity index (χ0) is 10.1. The van der Waals surface area contributed by atoms with E-state index < -0.39 is 0 Å². The fourth-order valence-electron chi connectivity index (χ4n) is 1.29. The van der Waals surface area contributed by atoms with Crippen LogP contribution < -0.4 is 5.73 Å². The summed E-state index contributed by atoms with van der Waals surface area (Å²) in [7, 11) is 0. The second kappa shape index (κ2) is 3.46. The maximum absolute atomic E-state index is 5.58. The fourth-order valence-corrected chi connectivity index (χ4v) is 1.64. The maximum Gasteiger partial charge on any atom is 0.183 e. The third kappa shape index (κ3) is 1.42. The molecule has 1 heterocycles. The van der Waals surface area contributed by atoms with Crippen molar-refractivity contribution in [1.29, 1.82) is 0 Å². The van der Waals surface area contributed by atoms with Crippen LogP contribution in [0.3, 0.4) is 0 Å². The summed E-state index contributed by atoms with van der Waals surface area (Å²) in [5, 5.41) is 3.69. The lowest BCUT2D eigenvalue weighted by atomic mass is 10.1. The van der Waals surface area contributed by atoms with Crippen LogP contribution in [0.4, 0.5) is 5.82 Å². The van der Waals surface area contributed by atoms with Gasteiger partial charge in [-0.05, 0) is 28.4 Å². The fraction of sp³-hybridized carbons (Fsp3) is 0.100. The first-order valence-electron chi connectivity index (χ1n) is 4.17. The van der Waals surface area contributed by atoms with E-state index in [4.69, 9.17) is 10.3 Å². The summed E-state index contributed by atoms with van der Waals surface area (Å²) in [6.07, 6.45) is 0. The molecule has 0 radical (unpaired) electrons. The number of rotatable bonds is 1. The number of nitrogen functional groups attached to an aromatic ring is 1. The summed E-state index contributed by atoms with van der Waals surface area (Å²) < 4.78 is 5.85. The zero-order valence-electron chi connectivity index (χ0n) is 7.62. The number of anilines is 1. The standard InChI is InChI=1S/C10H9BrN2O/c1-6-4-2-3-5-7(6)9-8(11)10(12)13-14-9/h2-5H,1H3,(H2,12,13). The molecule has 2 aromatic rings. The minimum atomic E-state index is 0.378. The quantitative estimate of drug-likeness (QED) is 0.849. The predicted octanol–water partition coefficient (Wildman–Crippen LogP) is 2.99. The molecule has 0 fully saturated rings. The number of nitrogens with two attached hydrogens (primary N) is 1. The Kier molecular flexibility index (Phi) is 2.29. The van der Waals surface area contributed by atoms with Crippen molar-refractivity contribution in [3.63, 3.8) is 0 Å². The van der Waals surface area contributed by atoms with E-state index in [1.54, 1.807) is 0 Å². The average Bonchev–Trinajstić information content (AvgIpc) is 2.49. The Labute approximate surface area is 90.0 Å². The second-order valence-corrected chi connectivity index (χ2v) is 3.82. The van der Waals surface area contributed by atoms with Crippen molar-refractivity contribution in [2.75, 3.05) is 5.73 Å². The van der Waals surface area contributed by atoms with Gasteiger partial charge in [-0.15, -0.1) is 0 Å². The molecule has 0 saturated heterocycles. The molecule has 1 aromatic carbocycles. The van der Waals surface area contributed by atoms with Crippen molar-refractivity contribution < 1.29 is 4.52 Å². The van der Waals surface area contributed by atoms with E-state index >= 15 is 0 Å². The molecule has 0 atom stereocenters. The molecular weight excluding hydrogens is 244 g/mol. The summed E-state index contributed by atoms with van der Waals surface area (Å²) >= 11 is 3.34. The number of hydrogen-bond donors (Lipinski definition) is 1. The number of aryl methyl sites for hydroxylation is 1. The molecule has 0 saturated carbocycles. The van der Waals surface area contributed by atoms with E-state index in [2.05, 4.69) is 21.1 Å². The van der Waals surface area contributed by atoms with Gasteiger partial charge in [0.15, 0.2) is 11.6 Å². The van der Waals surface area contributed by atoms with Gasteiger partial charge in [0.05, 0.1) is 0 Å². The van der Waals surface area contributed by atoms with E-state index in [0.29, 0.717) is 16.1 Å². The lowest BCUT2D eigenvalue weighted by Crippen LogP contribution is -1.84. The Morgan fingerprint density at radius 2 is 2.07 bits per heavy atom. The van der Waals surface area contributed by atoms with E-state index in [1.165, 1.54) is 0 Å². The summed E-state index contributed by atoms with van der Waals surface area (Å²) in [5.74, 6) is 1.06. The summed E-state index contributed by atoms with van der Waals surface area (Å²) in [5.41, 5.74) is 7.71. The molecule has 0 unspecified atom stereocenters. The molecule has 0 aliphatic heterocycles. The molecule has 0 aliphatic carbocycles. The molecule has 1 aromatic heterocycles. The average molecular weight is 253 g/mol. The van der Waals surface area contributed by atoms with Crippen LogP contribution in [0.2, 0.25) is 0 Å². The van der Waals surface area contributed by atoms with E-state index in [-0.39, 0.29) is 0 Å². The molecule has 2 rings (SSSR count). The SMILES string of the molecule is Cc1ccccc1-c1onc(N)c1Br. The van der Waals surface area contributed by atoms with Gasteiger partial charge in [-0.25, -0.2) is 0 Å². The van der Waals surface area contributed by atoms with Crippen LogP contribution in [-0.4, -0.2) is 5.16 Å². The van der Waals surface area contributed by atoms with Gasteiger partial charge in [0, 0.05) is 5.56 Å². The molecule has 0 aliphatic rings. The van der Waals surface area contributed by atoms with Crippen molar-refractivity contribution in [3.05, 3.63) is 34.3 Å². The van der Waals surface area contributed by atoms with Gasteiger partial charge >= 0.3 is 0 Å². The van der Waals surface area contributed by atoms with Crippen LogP contribution in [-0.2, 0) is 0 Å². The predicted molar refractivity (Wildman–Crippen MR) is 58.8 cm³/mol. The number of benzene rings is 1. The van der Waals surface area contributed by atoms with E-state index in [1.807, 2.05) is 31.2 Å². The lowest BCUT2D eigenvalue weighted by molar-refractivity contribution is 0.435. The number of nitrogens with zero attached hydrogens (tertiary/aromatic N) is 1. The first kappa shape index (κ1) is 9.27. The van der Waals surface area contributed by atoms with Gasteiger partial charge in [0.1, 0.15) is 4.47 Å². The molecular formula is C10H9BrN2O. The largest absolute Gasteiger partial charge is 0.380 e. The van der Waals surface area contributed by atoms with Gasteiger partial charge in [-0.3, -0.25) is 0 Å². The van der Waals surface area contributed by atoms with Crippen molar-refractivity contribution in [3.8, 4) is 11.3 Å². The van der Waals surface area contributed by atoms with Crippen molar-refractivity contribution in [2.24, 2.45) is 0 Å². The van der Waals surface area contributed by atoms with Gasteiger partial charge in [-0.2, -0.15) is 0 Å². The molecule has 2 N–H and O–H groups in total. The lowest BCUT2D eigenvalue weighted by Gasteiger charge is -2.00. The highest BCUT2D eigenvalue weighted by molar-refractivity contribution is 9.10. The van der Waals surface area contributed by atoms with Crippen LogP contribution in [0.5, 0.6) is 0 Å². The van der Waals surface area contributed by atoms with E-state index in [9.17, 15) is 0 Å². The highest BCUT2D eigenvalue weighted by Crippen LogP contribution is 2.33. The molecule has 72 valence electrons. The third-order valence-corrected chi connectivity index (χ3v) is 2.82. The molecule has 0 bridgehead atoms. The Balaban J connectivity index is 2.60. The second-order valence-electron chi connectivity index (χ2n) is 3.03. The molecule has 14 heavy (non-hydrogen) atoms. The Bertz CT molecular complexity index is 465. The van der Waals surface area contributed by atoms with Crippen LogP contribution in [0.1, 0.15) is 5.56 Å². The zero-order valence-corrected chi connectivity index (χ0v) is 9.21. The van der Waals surface area contributed by atoms with Crippen LogP contribution in [0, 0.1) is 6.92 Å². The van der Waals surface area contributed by atoms with Crippen molar-refractivity contribution >= 4 is 21.7 Å². The summed E-state index contributed by atoms with van der Waals surface area (Å²) in [4.78, 5) is 0. The monoisotopic (exact) mass is 252 g/mol. The van der Waals surface area contributed by atoms with Crippen LogP contribution in [0.15, 0.2) is 33.3 Å². The molecule has 4 heteroatoms. The van der Waals surface area contributed by atoms with Gasteiger partial charge in [-0.1, -0.05) is 29.4 Å². The topological polar surface area (TPSA) is 52.0 Å². The first-order valence-corrected chi connectivity index (χ1v) is 4.96. The minimum absolute atomic E-state index is 0.378. The Morgan fingerprint density at radius 1 is 1.36 bits per heavy atom. The number of halogens is 1. The Morgan fingerprint density at radius 3 is 2.64 bits per heavy atom. The van der Waals surface area contributed by atoms with Crippen molar-refractivity contribution in [1.82, 2.24) is 5.16 Å². The number of hydrogen-bond acceptors (Lipinski definition) is 3. The molecule has 0 spiro atoms. The highest BCUT2D eigenvalue weighted by atomic mass is 79.9. The smallest absolute Gasteiger partial charge is 0.183 e. The minimum Gasteiger partial charge on any atom is -0.380 e. The summed E-state index contributed by atoms with van der Waals surface area (Å²) in [6.45, 7) is 2.01. The van der Waals surface area contributed by atoms with Gasteiger partial charge in [0.2, 0.25) is 0 Å². The Hall–Kier alpha value is -1.29. The molecule has 3 nitrogen and oxygen atoms in total. The van der Waals surface area contributed by atoms with Crippen molar-refractivity contribution in [2.45, 2.75) is 6.92 Å². The number of aromatic nitrogens is 1. The first-order chi connectivity index (χ1) is 6.70. The van der Waals surface area contributed by atoms with Gasteiger partial charge in [0.25, 0.3) is 0 Å². The van der Waals surface area contributed by atoms with Crippen LogP contribution in [0.25, 0.3) is 11.3 Å². The summed E-state index contributed by atoms with van der Waals surface area (Å²) in [6, 6.07) is 7.92.